The number of carbonyl (C=O) groups is 1. The van der Waals surface area contributed by atoms with Gasteiger partial charge in [-0.2, -0.15) is 0 Å². The van der Waals surface area contributed by atoms with Gasteiger partial charge < -0.3 is 9.64 Å². The van der Waals surface area contributed by atoms with Crippen molar-refractivity contribution >= 4 is 16.8 Å². The number of aromatic nitrogens is 2. The van der Waals surface area contributed by atoms with Crippen LogP contribution in [0.15, 0.2) is 53.6 Å². The lowest BCUT2D eigenvalue weighted by Gasteiger charge is -2.25. The Morgan fingerprint density at radius 3 is 2.90 bits per heavy atom. The molecule has 0 aliphatic carbocycles. The van der Waals surface area contributed by atoms with Crippen molar-refractivity contribution in [2.24, 2.45) is 0 Å². The highest BCUT2D eigenvalue weighted by Crippen LogP contribution is 2.23. The third kappa shape index (κ3) is 3.88. The van der Waals surface area contributed by atoms with E-state index in [0.717, 1.165) is 42.7 Å². The molecule has 0 saturated carbocycles. The van der Waals surface area contributed by atoms with Gasteiger partial charge >= 0.3 is 0 Å². The van der Waals surface area contributed by atoms with Gasteiger partial charge in [-0.1, -0.05) is 24.3 Å². The Labute approximate surface area is 169 Å². The third-order valence-corrected chi connectivity index (χ3v) is 5.66. The molecule has 1 fully saturated rings. The Balaban J connectivity index is 1.52. The van der Waals surface area contributed by atoms with Crippen molar-refractivity contribution in [3.05, 3.63) is 70.3 Å². The van der Waals surface area contributed by atoms with Gasteiger partial charge in [-0.3, -0.25) is 14.2 Å². The third-order valence-electron chi connectivity index (χ3n) is 5.66. The number of hydrogen-bond acceptors (Lipinski definition) is 4. The van der Waals surface area contributed by atoms with Crippen LogP contribution in [0.3, 0.4) is 0 Å². The molecule has 1 aliphatic rings. The predicted molar refractivity (Wildman–Crippen MR) is 112 cm³/mol. The lowest BCUT2D eigenvalue weighted by Crippen LogP contribution is -2.40. The zero-order valence-corrected chi connectivity index (χ0v) is 16.8. The van der Waals surface area contributed by atoms with Crippen LogP contribution in [-0.2, 0) is 17.8 Å². The van der Waals surface area contributed by atoms with Gasteiger partial charge in [0, 0.05) is 12.6 Å². The molecule has 1 unspecified atom stereocenters. The number of fused-ring (bicyclic) bond motifs is 1. The van der Waals surface area contributed by atoms with E-state index in [4.69, 9.17) is 4.74 Å². The zero-order valence-electron chi connectivity index (χ0n) is 16.8. The molecule has 1 saturated heterocycles. The minimum atomic E-state index is -0.171. The first-order chi connectivity index (χ1) is 14.1. The highest BCUT2D eigenvalue weighted by molar-refractivity contribution is 5.81. The Hall–Kier alpha value is -3.15. The van der Waals surface area contributed by atoms with Gasteiger partial charge in [0.15, 0.2) is 0 Å². The average Bonchev–Trinajstić information content (AvgIpc) is 3.19. The zero-order chi connectivity index (χ0) is 20.4. The fourth-order valence-electron chi connectivity index (χ4n) is 4.13. The SMILES string of the molecule is COc1cccc(CC2CCCN2C(=O)Cn2cnc3c(C)cccc3c2=O)c1. The molecule has 1 atom stereocenters. The molecular weight excluding hydrogens is 366 g/mol. The van der Waals surface area contributed by atoms with Crippen LogP contribution in [0.2, 0.25) is 0 Å². The molecule has 2 heterocycles. The fraction of sp³-hybridized carbons (Fsp3) is 0.348. The Morgan fingerprint density at radius 2 is 2.07 bits per heavy atom. The van der Waals surface area contributed by atoms with Crippen LogP contribution >= 0.6 is 0 Å². The number of aryl methyl sites for hydroxylation is 1. The van der Waals surface area contributed by atoms with Crippen molar-refractivity contribution in [1.82, 2.24) is 14.5 Å². The number of rotatable bonds is 5. The summed E-state index contributed by atoms with van der Waals surface area (Å²) in [6.45, 7) is 2.67. The molecule has 6 nitrogen and oxygen atoms in total. The minimum absolute atomic E-state index is 0.0182. The molecule has 29 heavy (non-hydrogen) atoms. The first-order valence-corrected chi connectivity index (χ1v) is 9.94. The van der Waals surface area contributed by atoms with Gasteiger partial charge in [-0.05, 0) is 55.5 Å². The number of nitrogens with zero attached hydrogens (tertiary/aromatic N) is 3. The lowest BCUT2D eigenvalue weighted by molar-refractivity contribution is -0.132. The molecule has 3 aromatic rings. The van der Waals surface area contributed by atoms with E-state index in [9.17, 15) is 9.59 Å². The summed E-state index contributed by atoms with van der Waals surface area (Å²) in [5, 5.41) is 0.551. The summed E-state index contributed by atoms with van der Waals surface area (Å²) >= 11 is 0. The molecule has 1 aromatic heterocycles. The van der Waals surface area contributed by atoms with Gasteiger partial charge in [-0.25, -0.2) is 4.98 Å². The van der Waals surface area contributed by atoms with Gasteiger partial charge in [-0.15, -0.1) is 0 Å². The Morgan fingerprint density at radius 1 is 1.24 bits per heavy atom. The molecule has 0 bridgehead atoms. The van der Waals surface area contributed by atoms with E-state index < -0.39 is 0 Å². The number of ether oxygens (including phenoxy) is 1. The molecule has 4 rings (SSSR count). The van der Waals surface area contributed by atoms with Crippen molar-refractivity contribution in [2.75, 3.05) is 13.7 Å². The Bertz CT molecular complexity index is 1110. The molecule has 0 spiro atoms. The lowest BCUT2D eigenvalue weighted by atomic mass is 10.0. The number of likely N-dealkylation sites (tertiary alicyclic amines) is 1. The summed E-state index contributed by atoms with van der Waals surface area (Å²) in [5.74, 6) is 0.786. The standard InChI is InChI=1S/C23H25N3O3/c1-16-6-3-10-20-22(16)24-15-25(23(20)28)14-21(27)26-11-5-8-18(26)12-17-7-4-9-19(13-17)29-2/h3-4,6-7,9-10,13,15,18H,5,8,11-12,14H2,1-2H3. The maximum atomic E-state index is 13.0. The van der Waals surface area contributed by atoms with Crippen molar-refractivity contribution in [1.29, 1.82) is 0 Å². The summed E-state index contributed by atoms with van der Waals surface area (Å²) < 4.78 is 6.73. The van der Waals surface area contributed by atoms with Gasteiger partial charge in [0.25, 0.3) is 5.56 Å². The van der Waals surface area contributed by atoms with E-state index in [1.807, 2.05) is 42.2 Å². The van der Waals surface area contributed by atoms with E-state index in [2.05, 4.69) is 11.1 Å². The normalized spacial score (nSPS) is 16.3. The van der Waals surface area contributed by atoms with Gasteiger partial charge in [0.05, 0.1) is 24.3 Å². The average molecular weight is 391 g/mol. The monoisotopic (exact) mass is 391 g/mol. The van der Waals surface area contributed by atoms with Gasteiger partial charge in [0.2, 0.25) is 5.91 Å². The number of methoxy groups -OCH3 is 1. The van der Waals surface area contributed by atoms with Crippen LogP contribution in [0.4, 0.5) is 0 Å². The van der Waals surface area contributed by atoms with Gasteiger partial charge in [0.1, 0.15) is 12.3 Å². The molecule has 150 valence electrons. The molecule has 1 amide bonds. The highest BCUT2D eigenvalue weighted by Gasteiger charge is 2.29. The first kappa shape index (κ1) is 19.2. The smallest absolute Gasteiger partial charge is 0.261 e. The first-order valence-electron chi connectivity index (χ1n) is 9.94. The molecule has 1 aliphatic heterocycles. The summed E-state index contributed by atoms with van der Waals surface area (Å²) in [6.07, 6.45) is 4.22. The largest absolute Gasteiger partial charge is 0.497 e. The van der Waals surface area contributed by atoms with Crippen molar-refractivity contribution in [2.45, 2.75) is 38.8 Å². The van der Waals surface area contributed by atoms with E-state index >= 15 is 0 Å². The number of carbonyl (C=O) groups excluding carboxylic acids is 1. The molecule has 0 N–H and O–H groups in total. The summed E-state index contributed by atoms with van der Waals surface area (Å²) in [6, 6.07) is 13.6. The highest BCUT2D eigenvalue weighted by atomic mass is 16.5. The van der Waals surface area contributed by atoms with Crippen LogP contribution in [0.1, 0.15) is 24.0 Å². The van der Waals surface area contributed by atoms with E-state index in [-0.39, 0.29) is 24.1 Å². The quantitative estimate of drug-likeness (QED) is 0.671. The summed E-state index contributed by atoms with van der Waals surface area (Å²) in [4.78, 5) is 32.1. The maximum absolute atomic E-state index is 13.0. The summed E-state index contributed by atoms with van der Waals surface area (Å²) in [7, 11) is 1.65. The predicted octanol–water partition coefficient (Wildman–Crippen LogP) is 2.95. The van der Waals surface area contributed by atoms with Crippen LogP contribution in [0.25, 0.3) is 10.9 Å². The molecule has 2 aromatic carbocycles. The van der Waals surface area contributed by atoms with Crippen LogP contribution < -0.4 is 10.3 Å². The van der Waals surface area contributed by atoms with E-state index in [1.165, 1.54) is 10.9 Å². The number of benzene rings is 2. The number of amides is 1. The summed E-state index contributed by atoms with van der Waals surface area (Å²) in [5.41, 5.74) is 2.62. The number of hydrogen-bond donors (Lipinski definition) is 0. The van der Waals surface area contributed by atoms with Crippen LogP contribution in [0.5, 0.6) is 5.75 Å². The molecule has 6 heteroatoms. The van der Waals surface area contributed by atoms with Crippen LogP contribution in [0, 0.1) is 6.92 Å². The topological polar surface area (TPSA) is 64.4 Å². The van der Waals surface area contributed by atoms with Crippen molar-refractivity contribution in [3.63, 3.8) is 0 Å². The molecule has 0 radical (unpaired) electrons. The van der Waals surface area contributed by atoms with Crippen molar-refractivity contribution < 1.29 is 9.53 Å². The second-order valence-corrected chi connectivity index (χ2v) is 7.59. The van der Waals surface area contributed by atoms with E-state index in [0.29, 0.717) is 10.9 Å². The second kappa shape index (κ2) is 8.07. The molecular formula is C23H25N3O3. The maximum Gasteiger partial charge on any atom is 0.261 e. The van der Waals surface area contributed by atoms with Crippen LogP contribution in [-0.4, -0.2) is 40.1 Å². The number of para-hydroxylation sites is 1. The fourth-order valence-corrected chi connectivity index (χ4v) is 4.13. The second-order valence-electron chi connectivity index (χ2n) is 7.59. The minimum Gasteiger partial charge on any atom is -0.497 e. The van der Waals surface area contributed by atoms with E-state index in [1.54, 1.807) is 13.2 Å². The van der Waals surface area contributed by atoms with Crippen molar-refractivity contribution in [3.8, 4) is 5.75 Å². The Kier molecular flexibility index (Phi) is 5.34.